The van der Waals surface area contributed by atoms with E-state index < -0.39 is 10.0 Å². The van der Waals surface area contributed by atoms with Crippen LogP contribution >= 0.6 is 0 Å². The van der Waals surface area contributed by atoms with Crippen molar-refractivity contribution in [2.24, 2.45) is 5.92 Å². The Morgan fingerprint density at radius 2 is 1.90 bits per heavy atom. The molecule has 1 unspecified atom stereocenters. The highest BCUT2D eigenvalue weighted by molar-refractivity contribution is 7.89. The average molecular weight is 447 g/mol. The van der Waals surface area contributed by atoms with Gasteiger partial charge in [0.2, 0.25) is 15.9 Å². The zero-order valence-electron chi connectivity index (χ0n) is 18.2. The predicted molar refractivity (Wildman–Crippen MR) is 119 cm³/mol. The minimum absolute atomic E-state index is 0.0286. The number of benzene rings is 2. The van der Waals surface area contributed by atoms with Gasteiger partial charge in [0.05, 0.1) is 24.0 Å². The maximum Gasteiger partial charge on any atom is 0.243 e. The molecule has 0 aliphatic carbocycles. The first kappa shape index (κ1) is 23.1. The van der Waals surface area contributed by atoms with Gasteiger partial charge in [-0.15, -0.1) is 0 Å². The van der Waals surface area contributed by atoms with Crippen LogP contribution in [0.2, 0.25) is 0 Å². The molecule has 168 valence electrons. The first-order chi connectivity index (χ1) is 14.8. The lowest BCUT2D eigenvalue weighted by Gasteiger charge is -2.31. The van der Waals surface area contributed by atoms with E-state index in [0.29, 0.717) is 37.4 Å². The highest BCUT2D eigenvalue weighted by Gasteiger charge is 2.33. The van der Waals surface area contributed by atoms with Crippen LogP contribution in [0.25, 0.3) is 0 Å². The number of hydrogen-bond acceptors (Lipinski definition) is 5. The monoisotopic (exact) mass is 446 g/mol. The summed E-state index contributed by atoms with van der Waals surface area (Å²) in [4.78, 5) is 13.0. The van der Waals surface area contributed by atoms with Crippen molar-refractivity contribution >= 4 is 15.9 Å². The summed E-state index contributed by atoms with van der Waals surface area (Å²) in [6.07, 6.45) is 1.34. The van der Waals surface area contributed by atoms with Crippen molar-refractivity contribution in [1.82, 2.24) is 9.62 Å². The molecule has 8 heteroatoms. The molecule has 0 bridgehead atoms. The quantitative estimate of drug-likeness (QED) is 0.673. The number of piperidine rings is 1. The Balaban J connectivity index is 1.62. The van der Waals surface area contributed by atoms with Gasteiger partial charge < -0.3 is 14.8 Å². The Labute approximate surface area is 184 Å². The third-order valence-electron chi connectivity index (χ3n) is 5.19. The highest BCUT2D eigenvalue weighted by atomic mass is 32.2. The van der Waals surface area contributed by atoms with Gasteiger partial charge in [-0.2, -0.15) is 4.31 Å². The lowest BCUT2D eigenvalue weighted by atomic mass is 9.98. The molecule has 0 aromatic heterocycles. The predicted octanol–water partition coefficient (Wildman–Crippen LogP) is 3.20. The number of ether oxygens (including phenoxy) is 2. The van der Waals surface area contributed by atoms with Crippen molar-refractivity contribution in [3.63, 3.8) is 0 Å². The second-order valence-electron chi connectivity index (χ2n) is 7.88. The van der Waals surface area contributed by atoms with Crippen molar-refractivity contribution in [2.75, 3.05) is 20.2 Å². The summed E-state index contributed by atoms with van der Waals surface area (Å²) in [5, 5.41) is 2.94. The molecule has 1 aliphatic heterocycles. The van der Waals surface area contributed by atoms with Gasteiger partial charge in [0.1, 0.15) is 0 Å². The Kier molecular flexibility index (Phi) is 7.56. The molecule has 1 aliphatic rings. The minimum atomic E-state index is -3.60. The lowest BCUT2D eigenvalue weighted by molar-refractivity contribution is -0.126. The zero-order chi connectivity index (χ0) is 22.4. The van der Waals surface area contributed by atoms with Crippen molar-refractivity contribution in [1.29, 1.82) is 0 Å². The normalized spacial score (nSPS) is 17.4. The molecule has 0 spiro atoms. The Bertz CT molecular complexity index is 992. The van der Waals surface area contributed by atoms with Crippen LogP contribution in [0.3, 0.4) is 0 Å². The number of methoxy groups -OCH3 is 1. The summed E-state index contributed by atoms with van der Waals surface area (Å²) < 4.78 is 38.3. The van der Waals surface area contributed by atoms with Gasteiger partial charge in [0.25, 0.3) is 0 Å². The molecule has 1 atom stereocenters. The average Bonchev–Trinajstić information content (AvgIpc) is 2.78. The Morgan fingerprint density at radius 3 is 2.58 bits per heavy atom. The van der Waals surface area contributed by atoms with Gasteiger partial charge in [-0.3, -0.25) is 4.79 Å². The number of sulfonamides is 1. The zero-order valence-corrected chi connectivity index (χ0v) is 19.0. The van der Waals surface area contributed by atoms with Crippen LogP contribution in [0.5, 0.6) is 11.5 Å². The van der Waals surface area contributed by atoms with Crippen LogP contribution in [0.15, 0.2) is 53.4 Å². The second-order valence-corrected chi connectivity index (χ2v) is 9.82. The van der Waals surface area contributed by atoms with E-state index in [9.17, 15) is 13.2 Å². The topological polar surface area (TPSA) is 84.9 Å². The Hall–Kier alpha value is -2.58. The van der Waals surface area contributed by atoms with E-state index in [2.05, 4.69) is 5.32 Å². The maximum absolute atomic E-state index is 12.9. The molecular weight excluding hydrogens is 416 g/mol. The van der Waals surface area contributed by atoms with E-state index in [1.54, 1.807) is 37.4 Å². The molecule has 3 rings (SSSR count). The van der Waals surface area contributed by atoms with Gasteiger partial charge in [-0.25, -0.2) is 8.42 Å². The number of carbonyl (C=O) groups is 1. The number of rotatable bonds is 8. The molecule has 1 fully saturated rings. The van der Waals surface area contributed by atoms with Crippen LogP contribution in [0.4, 0.5) is 0 Å². The van der Waals surface area contributed by atoms with Crippen molar-refractivity contribution < 1.29 is 22.7 Å². The highest BCUT2D eigenvalue weighted by Crippen LogP contribution is 2.29. The molecule has 7 nitrogen and oxygen atoms in total. The summed E-state index contributed by atoms with van der Waals surface area (Å²) in [6.45, 7) is 4.83. The number of nitrogens with zero attached hydrogens (tertiary/aromatic N) is 1. The standard InChI is InChI=1S/C23H30N2O5S/c1-17(2)30-21-12-11-18(14-22(21)29-3)15-24-23(26)19-8-7-13-25(16-19)31(27,28)20-9-5-4-6-10-20/h4-6,9-12,14,17,19H,7-8,13,15-16H2,1-3H3,(H,24,26). The molecule has 1 amide bonds. The Morgan fingerprint density at radius 1 is 1.16 bits per heavy atom. The molecule has 31 heavy (non-hydrogen) atoms. The molecule has 1 heterocycles. The van der Waals surface area contributed by atoms with E-state index in [1.165, 1.54) is 4.31 Å². The third kappa shape index (κ3) is 5.77. The number of hydrogen-bond donors (Lipinski definition) is 1. The molecule has 2 aromatic carbocycles. The summed E-state index contributed by atoms with van der Waals surface area (Å²) >= 11 is 0. The van der Waals surface area contributed by atoms with Crippen LogP contribution in [0, 0.1) is 5.92 Å². The van der Waals surface area contributed by atoms with Crippen LogP contribution < -0.4 is 14.8 Å². The summed E-state index contributed by atoms with van der Waals surface area (Å²) in [5.74, 6) is 0.743. The minimum Gasteiger partial charge on any atom is -0.493 e. The van der Waals surface area contributed by atoms with Crippen molar-refractivity contribution in [2.45, 2.75) is 44.2 Å². The summed E-state index contributed by atoms with van der Waals surface area (Å²) in [6, 6.07) is 13.9. The summed E-state index contributed by atoms with van der Waals surface area (Å²) in [5.41, 5.74) is 0.880. The first-order valence-corrected chi connectivity index (χ1v) is 11.9. The summed E-state index contributed by atoms with van der Waals surface area (Å²) in [7, 11) is -2.02. The fourth-order valence-corrected chi connectivity index (χ4v) is 5.17. The van der Waals surface area contributed by atoms with E-state index in [-0.39, 0.29) is 29.4 Å². The molecule has 1 saturated heterocycles. The van der Waals surface area contributed by atoms with E-state index in [0.717, 1.165) is 5.56 Å². The SMILES string of the molecule is COc1cc(CNC(=O)C2CCCN(S(=O)(=O)c3ccccc3)C2)ccc1OC(C)C. The fraction of sp³-hybridized carbons (Fsp3) is 0.435. The molecule has 0 saturated carbocycles. The van der Waals surface area contributed by atoms with Gasteiger partial charge in [-0.05, 0) is 56.5 Å². The van der Waals surface area contributed by atoms with Gasteiger partial charge in [0.15, 0.2) is 11.5 Å². The van der Waals surface area contributed by atoms with Gasteiger partial charge in [0, 0.05) is 19.6 Å². The first-order valence-electron chi connectivity index (χ1n) is 10.5. The molecular formula is C23H30N2O5S. The van der Waals surface area contributed by atoms with Crippen molar-refractivity contribution in [3.8, 4) is 11.5 Å². The van der Waals surface area contributed by atoms with E-state index in [1.807, 2.05) is 32.0 Å². The largest absolute Gasteiger partial charge is 0.493 e. The van der Waals surface area contributed by atoms with E-state index in [4.69, 9.17) is 9.47 Å². The third-order valence-corrected chi connectivity index (χ3v) is 7.07. The molecule has 0 radical (unpaired) electrons. The number of nitrogens with one attached hydrogen (secondary N) is 1. The van der Waals surface area contributed by atoms with E-state index >= 15 is 0 Å². The number of amides is 1. The smallest absolute Gasteiger partial charge is 0.243 e. The van der Waals surface area contributed by atoms with Crippen molar-refractivity contribution in [3.05, 3.63) is 54.1 Å². The van der Waals surface area contributed by atoms with Crippen LogP contribution in [0.1, 0.15) is 32.3 Å². The maximum atomic E-state index is 12.9. The van der Waals surface area contributed by atoms with Crippen LogP contribution in [-0.2, 0) is 21.4 Å². The second kappa shape index (κ2) is 10.2. The van der Waals surface area contributed by atoms with Crippen LogP contribution in [-0.4, -0.2) is 44.9 Å². The molecule has 1 N–H and O–H groups in total. The van der Waals surface area contributed by atoms with Gasteiger partial charge in [-0.1, -0.05) is 24.3 Å². The molecule has 2 aromatic rings. The van der Waals surface area contributed by atoms with Gasteiger partial charge >= 0.3 is 0 Å². The lowest BCUT2D eigenvalue weighted by Crippen LogP contribution is -2.45. The number of carbonyl (C=O) groups excluding carboxylic acids is 1. The fourth-order valence-electron chi connectivity index (χ4n) is 3.62.